The second kappa shape index (κ2) is 8.63. The SMILES string of the molecule is CCCCCCC(CC)n1nnc2c(=O)[nH]c(Cc3ccc4c(c3)OCO4)nc21. The number of ether oxygens (including phenoxy) is 2. The van der Waals surface area contributed by atoms with Gasteiger partial charge in [0.05, 0.1) is 6.04 Å². The monoisotopic (exact) mass is 397 g/mol. The van der Waals surface area contributed by atoms with E-state index in [0.29, 0.717) is 23.4 Å². The fraction of sp³-hybridized carbons (Fsp3) is 0.524. The van der Waals surface area contributed by atoms with Gasteiger partial charge in [-0.3, -0.25) is 4.79 Å². The molecular formula is C21H27N5O3. The molecule has 3 aromatic rings. The van der Waals surface area contributed by atoms with Gasteiger partial charge < -0.3 is 14.5 Å². The minimum absolute atomic E-state index is 0.199. The quantitative estimate of drug-likeness (QED) is 0.553. The molecule has 0 amide bonds. The van der Waals surface area contributed by atoms with Crippen LogP contribution in [0, 0.1) is 0 Å². The molecule has 1 aromatic carbocycles. The molecule has 0 fully saturated rings. The summed E-state index contributed by atoms with van der Waals surface area (Å²) in [6.07, 6.45) is 7.23. The summed E-state index contributed by atoms with van der Waals surface area (Å²) in [4.78, 5) is 20.1. The van der Waals surface area contributed by atoms with Crippen LogP contribution in [-0.2, 0) is 6.42 Å². The Bertz CT molecular complexity index is 1040. The van der Waals surface area contributed by atoms with E-state index >= 15 is 0 Å². The maximum Gasteiger partial charge on any atom is 0.281 e. The maximum absolute atomic E-state index is 12.5. The number of nitrogens with zero attached hydrogens (tertiary/aromatic N) is 4. The largest absolute Gasteiger partial charge is 0.454 e. The standard InChI is InChI=1S/C21H27N5O3/c1-3-5-6-7-8-15(4-2)26-20-19(24-25-26)21(27)23-18(22-20)12-14-9-10-16-17(11-14)29-13-28-16/h9-11,15H,3-8,12-13H2,1-2H3,(H,22,23,27). The minimum Gasteiger partial charge on any atom is -0.454 e. The van der Waals surface area contributed by atoms with Crippen molar-refractivity contribution < 1.29 is 9.47 Å². The molecule has 1 atom stereocenters. The van der Waals surface area contributed by atoms with Crippen LogP contribution >= 0.6 is 0 Å². The van der Waals surface area contributed by atoms with E-state index in [0.717, 1.165) is 36.3 Å². The number of unbranched alkanes of at least 4 members (excludes halogenated alkanes) is 3. The average molecular weight is 397 g/mol. The summed E-state index contributed by atoms with van der Waals surface area (Å²) >= 11 is 0. The van der Waals surface area contributed by atoms with Crippen LogP contribution < -0.4 is 15.0 Å². The summed E-state index contributed by atoms with van der Waals surface area (Å²) in [6.45, 7) is 4.58. The lowest BCUT2D eigenvalue weighted by atomic mass is 10.1. The van der Waals surface area contributed by atoms with Gasteiger partial charge in [-0.25, -0.2) is 9.67 Å². The Kier molecular flexibility index (Phi) is 5.78. The molecule has 1 N–H and O–H groups in total. The number of nitrogens with one attached hydrogen (secondary N) is 1. The smallest absolute Gasteiger partial charge is 0.281 e. The Morgan fingerprint density at radius 3 is 2.86 bits per heavy atom. The van der Waals surface area contributed by atoms with Crippen molar-refractivity contribution >= 4 is 11.2 Å². The van der Waals surface area contributed by atoms with Crippen LogP contribution in [0.1, 0.15) is 69.8 Å². The summed E-state index contributed by atoms with van der Waals surface area (Å²) in [5.41, 5.74) is 1.60. The second-order valence-corrected chi connectivity index (χ2v) is 7.49. The topological polar surface area (TPSA) is 94.9 Å². The van der Waals surface area contributed by atoms with Crippen molar-refractivity contribution in [1.29, 1.82) is 0 Å². The van der Waals surface area contributed by atoms with Crippen LogP contribution in [0.2, 0.25) is 0 Å². The van der Waals surface area contributed by atoms with Crippen LogP contribution in [-0.4, -0.2) is 31.8 Å². The molecule has 0 bridgehead atoms. The van der Waals surface area contributed by atoms with Crippen molar-refractivity contribution in [1.82, 2.24) is 25.0 Å². The van der Waals surface area contributed by atoms with Gasteiger partial charge in [-0.05, 0) is 30.5 Å². The summed E-state index contributed by atoms with van der Waals surface area (Å²) in [7, 11) is 0. The Labute approximate surface area is 169 Å². The van der Waals surface area contributed by atoms with Crippen LogP contribution in [0.15, 0.2) is 23.0 Å². The van der Waals surface area contributed by atoms with Crippen molar-refractivity contribution in [3.8, 4) is 11.5 Å². The maximum atomic E-state index is 12.5. The lowest BCUT2D eigenvalue weighted by molar-refractivity contribution is 0.174. The Morgan fingerprint density at radius 2 is 2.03 bits per heavy atom. The van der Waals surface area contributed by atoms with Gasteiger partial charge in [0.15, 0.2) is 22.7 Å². The van der Waals surface area contributed by atoms with Crippen molar-refractivity contribution in [3.05, 3.63) is 39.9 Å². The molecule has 154 valence electrons. The molecule has 8 heteroatoms. The first-order valence-corrected chi connectivity index (χ1v) is 10.4. The molecule has 2 aromatic heterocycles. The van der Waals surface area contributed by atoms with Gasteiger partial charge in [0, 0.05) is 6.42 Å². The van der Waals surface area contributed by atoms with Gasteiger partial charge in [0.2, 0.25) is 6.79 Å². The van der Waals surface area contributed by atoms with Gasteiger partial charge in [0.25, 0.3) is 5.56 Å². The van der Waals surface area contributed by atoms with E-state index in [1.807, 2.05) is 22.9 Å². The van der Waals surface area contributed by atoms with E-state index in [1.54, 1.807) is 0 Å². The number of rotatable bonds is 9. The first kappa shape index (κ1) is 19.4. The zero-order chi connectivity index (χ0) is 20.2. The van der Waals surface area contributed by atoms with E-state index in [9.17, 15) is 4.79 Å². The third-order valence-corrected chi connectivity index (χ3v) is 5.40. The number of benzene rings is 1. The van der Waals surface area contributed by atoms with Gasteiger partial charge in [-0.15, -0.1) is 5.10 Å². The predicted molar refractivity (Wildman–Crippen MR) is 109 cm³/mol. The highest BCUT2D eigenvalue weighted by Crippen LogP contribution is 2.33. The first-order valence-electron chi connectivity index (χ1n) is 10.4. The summed E-state index contributed by atoms with van der Waals surface area (Å²) < 4.78 is 12.6. The van der Waals surface area contributed by atoms with Gasteiger partial charge >= 0.3 is 0 Å². The van der Waals surface area contributed by atoms with Crippen molar-refractivity contribution in [2.45, 2.75) is 64.8 Å². The molecule has 0 aliphatic carbocycles. The van der Waals surface area contributed by atoms with Crippen LogP contribution in [0.25, 0.3) is 11.2 Å². The van der Waals surface area contributed by atoms with Gasteiger partial charge in [-0.2, -0.15) is 0 Å². The van der Waals surface area contributed by atoms with E-state index < -0.39 is 0 Å². The molecule has 0 radical (unpaired) electrons. The number of hydrogen-bond acceptors (Lipinski definition) is 6. The second-order valence-electron chi connectivity index (χ2n) is 7.49. The van der Waals surface area contributed by atoms with Gasteiger partial charge in [0.1, 0.15) is 5.82 Å². The molecule has 0 saturated heterocycles. The molecule has 3 heterocycles. The molecule has 4 rings (SSSR count). The normalized spacial score (nSPS) is 13.9. The molecule has 0 saturated carbocycles. The van der Waals surface area contributed by atoms with Crippen LogP contribution in [0.4, 0.5) is 0 Å². The number of H-pyrrole nitrogens is 1. The average Bonchev–Trinajstić information content (AvgIpc) is 3.35. The number of hydrogen-bond donors (Lipinski definition) is 1. The van der Waals surface area contributed by atoms with E-state index in [-0.39, 0.29) is 18.4 Å². The Morgan fingerprint density at radius 1 is 1.17 bits per heavy atom. The fourth-order valence-corrected chi connectivity index (χ4v) is 3.77. The highest BCUT2D eigenvalue weighted by molar-refractivity contribution is 5.68. The van der Waals surface area contributed by atoms with Crippen LogP contribution in [0.5, 0.6) is 11.5 Å². The van der Waals surface area contributed by atoms with Crippen molar-refractivity contribution in [3.63, 3.8) is 0 Å². The third kappa shape index (κ3) is 4.11. The first-order chi connectivity index (χ1) is 14.2. The number of fused-ring (bicyclic) bond motifs is 2. The zero-order valence-corrected chi connectivity index (χ0v) is 17.0. The Hall–Kier alpha value is -2.90. The van der Waals surface area contributed by atoms with Gasteiger partial charge in [-0.1, -0.05) is 50.8 Å². The lowest BCUT2D eigenvalue weighted by Crippen LogP contribution is -2.15. The summed E-state index contributed by atoms with van der Waals surface area (Å²) in [5, 5.41) is 8.37. The fourth-order valence-electron chi connectivity index (χ4n) is 3.77. The third-order valence-electron chi connectivity index (χ3n) is 5.40. The lowest BCUT2D eigenvalue weighted by Gasteiger charge is -2.15. The molecule has 8 nitrogen and oxygen atoms in total. The molecule has 29 heavy (non-hydrogen) atoms. The zero-order valence-electron chi connectivity index (χ0n) is 17.0. The number of aromatic nitrogens is 5. The summed E-state index contributed by atoms with van der Waals surface area (Å²) in [5.74, 6) is 2.04. The van der Waals surface area contributed by atoms with E-state index in [2.05, 4.69) is 29.1 Å². The molecule has 1 unspecified atom stereocenters. The number of aromatic amines is 1. The minimum atomic E-state index is -0.252. The Balaban J connectivity index is 1.59. The van der Waals surface area contributed by atoms with Crippen molar-refractivity contribution in [2.24, 2.45) is 0 Å². The van der Waals surface area contributed by atoms with E-state index in [4.69, 9.17) is 14.5 Å². The highest BCUT2D eigenvalue weighted by Gasteiger charge is 2.19. The molecule has 1 aliphatic rings. The van der Waals surface area contributed by atoms with Crippen molar-refractivity contribution in [2.75, 3.05) is 6.79 Å². The predicted octanol–water partition coefficient (Wildman–Crippen LogP) is 3.76. The molecule has 0 spiro atoms. The summed E-state index contributed by atoms with van der Waals surface area (Å²) in [6, 6.07) is 5.95. The molecular weight excluding hydrogens is 370 g/mol. The molecule has 1 aliphatic heterocycles. The highest BCUT2D eigenvalue weighted by atomic mass is 16.7. The van der Waals surface area contributed by atoms with E-state index in [1.165, 1.54) is 19.3 Å². The van der Waals surface area contributed by atoms with Crippen LogP contribution in [0.3, 0.4) is 0 Å².